The topological polar surface area (TPSA) is 15.3 Å². The summed E-state index contributed by atoms with van der Waals surface area (Å²) >= 11 is 0. The normalized spacial score (nSPS) is 24.0. The fourth-order valence-electron chi connectivity index (χ4n) is 3.26. The van der Waals surface area contributed by atoms with Gasteiger partial charge in [0.2, 0.25) is 0 Å². The third-order valence-electron chi connectivity index (χ3n) is 4.38. The van der Waals surface area contributed by atoms with Crippen LogP contribution in [0.5, 0.6) is 0 Å². The number of likely N-dealkylation sites (tertiary alicyclic amines) is 1. The van der Waals surface area contributed by atoms with Crippen LogP contribution >= 0.6 is 0 Å². The Labute approximate surface area is 122 Å². The van der Waals surface area contributed by atoms with Crippen molar-refractivity contribution >= 4 is 0 Å². The van der Waals surface area contributed by atoms with Gasteiger partial charge in [-0.3, -0.25) is 4.90 Å². The molecule has 3 heteroatoms. The Hall–Kier alpha value is -0.930. The van der Waals surface area contributed by atoms with Gasteiger partial charge in [-0.1, -0.05) is 19.1 Å². The van der Waals surface area contributed by atoms with Gasteiger partial charge in [0.25, 0.3) is 0 Å². The highest BCUT2D eigenvalue weighted by atomic mass is 19.1. The lowest BCUT2D eigenvalue weighted by Crippen LogP contribution is -2.40. The van der Waals surface area contributed by atoms with Crippen LogP contribution in [0.4, 0.5) is 4.39 Å². The summed E-state index contributed by atoms with van der Waals surface area (Å²) in [6.07, 6.45) is 3.62. The van der Waals surface area contributed by atoms with Crippen molar-refractivity contribution in [3.63, 3.8) is 0 Å². The largest absolute Gasteiger partial charge is 0.316 e. The van der Waals surface area contributed by atoms with Crippen molar-refractivity contribution in [3.8, 4) is 0 Å². The average Bonchev–Trinajstić information content (AvgIpc) is 2.43. The van der Waals surface area contributed by atoms with Gasteiger partial charge >= 0.3 is 0 Å². The predicted molar refractivity (Wildman–Crippen MR) is 82.4 cm³/mol. The van der Waals surface area contributed by atoms with Crippen LogP contribution in [0, 0.1) is 18.7 Å². The minimum absolute atomic E-state index is 0.0817. The quantitative estimate of drug-likeness (QED) is 0.829. The molecule has 1 heterocycles. The van der Waals surface area contributed by atoms with Gasteiger partial charge in [-0.2, -0.15) is 0 Å². The molecule has 20 heavy (non-hydrogen) atoms. The smallest absolute Gasteiger partial charge is 0.126 e. The molecule has 0 radical (unpaired) electrons. The third kappa shape index (κ3) is 3.58. The van der Waals surface area contributed by atoms with Gasteiger partial charge in [0.1, 0.15) is 5.82 Å². The molecule has 1 N–H and O–H groups in total. The van der Waals surface area contributed by atoms with Crippen LogP contribution in [0.25, 0.3) is 0 Å². The van der Waals surface area contributed by atoms with E-state index in [0.29, 0.717) is 12.0 Å². The summed E-state index contributed by atoms with van der Waals surface area (Å²) < 4.78 is 13.9. The molecule has 0 aromatic heterocycles. The molecular weight excluding hydrogens is 251 g/mol. The Bertz CT molecular complexity index is 433. The van der Waals surface area contributed by atoms with Crippen molar-refractivity contribution in [3.05, 3.63) is 35.1 Å². The van der Waals surface area contributed by atoms with Gasteiger partial charge < -0.3 is 5.32 Å². The van der Waals surface area contributed by atoms with E-state index in [1.54, 1.807) is 6.07 Å². The van der Waals surface area contributed by atoms with E-state index in [-0.39, 0.29) is 5.82 Å². The van der Waals surface area contributed by atoms with Crippen molar-refractivity contribution in [1.29, 1.82) is 0 Å². The summed E-state index contributed by atoms with van der Waals surface area (Å²) in [6.45, 7) is 7.20. The van der Waals surface area contributed by atoms with Gasteiger partial charge in [-0.25, -0.2) is 4.39 Å². The number of rotatable bonds is 5. The average molecular weight is 278 g/mol. The highest BCUT2D eigenvalue weighted by molar-refractivity contribution is 5.26. The molecule has 0 spiro atoms. The van der Waals surface area contributed by atoms with Crippen molar-refractivity contribution < 1.29 is 4.39 Å². The SMILES string of the molecule is CCCNCC1CCCN(C)C1c1ccc(C)c(F)c1. The van der Waals surface area contributed by atoms with Gasteiger partial charge in [-0.05, 0) is 76.0 Å². The molecule has 0 saturated carbocycles. The fraction of sp³-hybridized carbons (Fsp3) is 0.647. The summed E-state index contributed by atoms with van der Waals surface area (Å²) in [5.74, 6) is 0.490. The Balaban J connectivity index is 2.15. The molecule has 2 rings (SSSR count). The lowest BCUT2D eigenvalue weighted by Gasteiger charge is -2.40. The van der Waals surface area contributed by atoms with E-state index in [0.717, 1.165) is 37.2 Å². The molecule has 112 valence electrons. The van der Waals surface area contributed by atoms with Crippen molar-refractivity contribution in [2.75, 3.05) is 26.7 Å². The van der Waals surface area contributed by atoms with Crippen molar-refractivity contribution in [2.45, 2.75) is 39.2 Å². The van der Waals surface area contributed by atoms with Crippen LogP contribution in [0.15, 0.2) is 18.2 Å². The van der Waals surface area contributed by atoms with Gasteiger partial charge in [0.05, 0.1) is 0 Å². The molecule has 0 aliphatic carbocycles. The standard InChI is InChI=1S/C17H27FN2/c1-4-9-19-12-15-6-5-10-20(3)17(15)14-8-7-13(2)16(18)11-14/h7-8,11,15,17,19H,4-6,9-10,12H2,1-3H3. The summed E-state index contributed by atoms with van der Waals surface area (Å²) in [6, 6.07) is 6.07. The van der Waals surface area contributed by atoms with Crippen LogP contribution in [0.1, 0.15) is 43.4 Å². The molecule has 1 aliphatic heterocycles. The van der Waals surface area contributed by atoms with Gasteiger partial charge in [0.15, 0.2) is 0 Å². The van der Waals surface area contributed by atoms with E-state index >= 15 is 0 Å². The van der Waals surface area contributed by atoms with E-state index in [4.69, 9.17) is 0 Å². The van der Waals surface area contributed by atoms with Gasteiger partial charge in [-0.15, -0.1) is 0 Å². The van der Waals surface area contributed by atoms with Crippen LogP contribution in [0.3, 0.4) is 0 Å². The molecule has 2 atom stereocenters. The zero-order valence-corrected chi connectivity index (χ0v) is 13.0. The first kappa shape index (κ1) is 15.5. The zero-order chi connectivity index (χ0) is 14.5. The van der Waals surface area contributed by atoms with Crippen molar-refractivity contribution in [1.82, 2.24) is 10.2 Å². The molecule has 2 nitrogen and oxygen atoms in total. The minimum atomic E-state index is -0.0817. The van der Waals surface area contributed by atoms with E-state index in [9.17, 15) is 4.39 Å². The first-order valence-corrected chi connectivity index (χ1v) is 7.80. The Morgan fingerprint density at radius 2 is 2.20 bits per heavy atom. The van der Waals surface area contributed by atoms with Crippen LogP contribution < -0.4 is 5.32 Å². The second-order valence-electron chi connectivity index (χ2n) is 6.04. The molecule has 1 aliphatic rings. The number of nitrogens with one attached hydrogen (secondary N) is 1. The molecular formula is C17H27FN2. The lowest BCUT2D eigenvalue weighted by atomic mass is 9.84. The lowest BCUT2D eigenvalue weighted by molar-refractivity contribution is 0.119. The number of piperidine rings is 1. The maximum absolute atomic E-state index is 13.9. The first-order chi connectivity index (χ1) is 9.63. The monoisotopic (exact) mass is 278 g/mol. The molecule has 1 saturated heterocycles. The fourth-order valence-corrected chi connectivity index (χ4v) is 3.26. The summed E-state index contributed by atoms with van der Waals surface area (Å²) in [5, 5.41) is 3.53. The van der Waals surface area contributed by atoms with Crippen LogP contribution in [-0.2, 0) is 0 Å². The minimum Gasteiger partial charge on any atom is -0.316 e. The number of aryl methyl sites for hydroxylation is 1. The molecule has 1 fully saturated rings. The molecule has 1 aromatic carbocycles. The van der Waals surface area contributed by atoms with Crippen LogP contribution in [-0.4, -0.2) is 31.6 Å². The van der Waals surface area contributed by atoms with Crippen LogP contribution in [0.2, 0.25) is 0 Å². The van der Waals surface area contributed by atoms with Crippen molar-refractivity contribution in [2.24, 2.45) is 5.92 Å². The Kier molecular flexibility index (Phi) is 5.55. The summed E-state index contributed by atoms with van der Waals surface area (Å²) in [5.41, 5.74) is 1.85. The number of halogens is 1. The maximum Gasteiger partial charge on any atom is 0.126 e. The summed E-state index contributed by atoms with van der Waals surface area (Å²) in [7, 11) is 2.16. The van der Waals surface area contributed by atoms with E-state index in [1.165, 1.54) is 12.8 Å². The Morgan fingerprint density at radius 1 is 1.40 bits per heavy atom. The number of benzene rings is 1. The first-order valence-electron chi connectivity index (χ1n) is 7.80. The number of nitrogens with zero attached hydrogens (tertiary/aromatic N) is 1. The highest BCUT2D eigenvalue weighted by Gasteiger charge is 2.30. The summed E-state index contributed by atoms with van der Waals surface area (Å²) in [4.78, 5) is 2.38. The molecule has 1 aromatic rings. The maximum atomic E-state index is 13.9. The Morgan fingerprint density at radius 3 is 2.90 bits per heavy atom. The highest BCUT2D eigenvalue weighted by Crippen LogP contribution is 2.35. The zero-order valence-electron chi connectivity index (χ0n) is 13.0. The molecule has 0 amide bonds. The number of hydrogen-bond acceptors (Lipinski definition) is 2. The van der Waals surface area contributed by atoms with Gasteiger partial charge in [0, 0.05) is 6.04 Å². The van der Waals surface area contributed by atoms with E-state index in [2.05, 4.69) is 30.3 Å². The molecule has 2 unspecified atom stereocenters. The third-order valence-corrected chi connectivity index (χ3v) is 4.38. The predicted octanol–water partition coefficient (Wildman–Crippen LogP) is 3.52. The number of hydrogen-bond donors (Lipinski definition) is 1. The van der Waals surface area contributed by atoms with E-state index in [1.807, 2.05) is 13.0 Å². The second-order valence-corrected chi connectivity index (χ2v) is 6.04. The molecule has 0 bridgehead atoms. The van der Waals surface area contributed by atoms with E-state index < -0.39 is 0 Å². The second kappa shape index (κ2) is 7.19.